The lowest BCUT2D eigenvalue weighted by Crippen LogP contribution is -3.12. The van der Waals surface area contributed by atoms with Crippen molar-refractivity contribution in [2.75, 3.05) is 26.0 Å². The first kappa shape index (κ1) is 19.7. The third-order valence-corrected chi connectivity index (χ3v) is 4.45. The molecule has 0 aliphatic carbocycles. The standard InChI is InChI=1S/C20H27N3O3/c1-14-6-9-17(10-7-14)21-19(24)13-23(5)20(25)16(3)22(4)12-18-11-8-15(2)26-18/h6-11,16H,12-13H2,1-5H3,(H,21,24)/p+1/t16-/m1/s1. The molecule has 2 N–H and O–H groups in total. The molecule has 1 aromatic heterocycles. The van der Waals surface area contributed by atoms with Crippen LogP contribution in [-0.4, -0.2) is 43.4 Å². The molecule has 0 aliphatic heterocycles. The second-order valence-electron chi connectivity index (χ2n) is 6.87. The molecular weight excluding hydrogens is 330 g/mol. The second kappa shape index (κ2) is 8.67. The van der Waals surface area contributed by atoms with Gasteiger partial charge in [-0.15, -0.1) is 0 Å². The van der Waals surface area contributed by atoms with E-state index in [4.69, 9.17) is 4.42 Å². The van der Waals surface area contributed by atoms with Gasteiger partial charge in [-0.05, 0) is 45.0 Å². The van der Waals surface area contributed by atoms with Crippen LogP contribution in [0.3, 0.4) is 0 Å². The van der Waals surface area contributed by atoms with Crippen LogP contribution >= 0.6 is 0 Å². The molecule has 140 valence electrons. The number of amides is 2. The van der Waals surface area contributed by atoms with Crippen LogP contribution in [0.2, 0.25) is 0 Å². The Morgan fingerprint density at radius 2 is 1.81 bits per heavy atom. The van der Waals surface area contributed by atoms with Crippen molar-refractivity contribution in [2.24, 2.45) is 0 Å². The van der Waals surface area contributed by atoms with E-state index in [-0.39, 0.29) is 24.4 Å². The van der Waals surface area contributed by atoms with Gasteiger partial charge in [0.2, 0.25) is 5.91 Å². The average Bonchev–Trinajstić information content (AvgIpc) is 3.00. The maximum absolute atomic E-state index is 12.6. The van der Waals surface area contributed by atoms with Crippen molar-refractivity contribution in [2.45, 2.75) is 33.4 Å². The van der Waals surface area contributed by atoms with Crippen LogP contribution in [0.5, 0.6) is 0 Å². The van der Waals surface area contributed by atoms with E-state index in [2.05, 4.69) is 5.32 Å². The number of hydrogen-bond donors (Lipinski definition) is 2. The van der Waals surface area contributed by atoms with Crippen molar-refractivity contribution in [1.29, 1.82) is 0 Å². The maximum atomic E-state index is 12.6. The molecule has 0 fully saturated rings. The largest absolute Gasteiger partial charge is 0.460 e. The number of nitrogens with one attached hydrogen (secondary N) is 2. The highest BCUT2D eigenvalue weighted by molar-refractivity contribution is 5.94. The topological polar surface area (TPSA) is 67.0 Å². The lowest BCUT2D eigenvalue weighted by molar-refractivity contribution is -0.909. The fourth-order valence-corrected chi connectivity index (χ4v) is 2.68. The summed E-state index contributed by atoms with van der Waals surface area (Å²) in [6.45, 7) is 6.38. The van der Waals surface area contributed by atoms with Crippen molar-refractivity contribution in [1.82, 2.24) is 4.90 Å². The van der Waals surface area contributed by atoms with Crippen LogP contribution in [0.15, 0.2) is 40.8 Å². The van der Waals surface area contributed by atoms with E-state index < -0.39 is 0 Å². The Bertz CT molecular complexity index is 752. The average molecular weight is 358 g/mol. The first-order valence-corrected chi connectivity index (χ1v) is 8.75. The number of quaternary nitrogens is 1. The van der Waals surface area contributed by atoms with Crippen molar-refractivity contribution in [3.8, 4) is 0 Å². The molecule has 26 heavy (non-hydrogen) atoms. The number of carbonyl (C=O) groups excluding carboxylic acids is 2. The van der Waals surface area contributed by atoms with Gasteiger partial charge < -0.3 is 19.5 Å². The number of rotatable bonds is 7. The molecular formula is C20H28N3O3+. The predicted octanol–water partition coefficient (Wildman–Crippen LogP) is 1.40. The zero-order valence-electron chi connectivity index (χ0n) is 16.1. The molecule has 2 aromatic rings. The highest BCUT2D eigenvalue weighted by atomic mass is 16.3. The number of nitrogens with zero attached hydrogens (tertiary/aromatic N) is 1. The molecule has 0 aliphatic rings. The van der Waals surface area contributed by atoms with Gasteiger partial charge in [0.15, 0.2) is 11.8 Å². The number of likely N-dealkylation sites (N-methyl/N-ethyl adjacent to an activating group) is 2. The Labute approximate surface area is 154 Å². The minimum atomic E-state index is -0.280. The molecule has 2 atom stereocenters. The molecule has 0 saturated carbocycles. The van der Waals surface area contributed by atoms with Gasteiger partial charge in [0.05, 0.1) is 13.6 Å². The van der Waals surface area contributed by atoms with Gasteiger partial charge in [-0.25, -0.2) is 0 Å². The molecule has 1 aromatic carbocycles. The first-order chi connectivity index (χ1) is 12.3. The van der Waals surface area contributed by atoms with E-state index in [1.165, 1.54) is 4.90 Å². The summed E-state index contributed by atoms with van der Waals surface area (Å²) in [6, 6.07) is 11.1. The quantitative estimate of drug-likeness (QED) is 0.786. The molecule has 0 spiro atoms. The summed E-state index contributed by atoms with van der Waals surface area (Å²) in [5.74, 6) is 1.41. The normalized spacial score (nSPS) is 13.1. The minimum Gasteiger partial charge on any atom is -0.460 e. The maximum Gasteiger partial charge on any atom is 0.280 e. The highest BCUT2D eigenvalue weighted by Crippen LogP contribution is 2.08. The lowest BCUT2D eigenvalue weighted by atomic mass is 10.2. The smallest absolute Gasteiger partial charge is 0.280 e. The molecule has 2 rings (SSSR count). The van der Waals surface area contributed by atoms with E-state index in [9.17, 15) is 9.59 Å². The van der Waals surface area contributed by atoms with E-state index in [1.807, 2.05) is 64.2 Å². The van der Waals surface area contributed by atoms with Crippen LogP contribution in [0, 0.1) is 13.8 Å². The van der Waals surface area contributed by atoms with E-state index >= 15 is 0 Å². The van der Waals surface area contributed by atoms with Crippen LogP contribution < -0.4 is 10.2 Å². The highest BCUT2D eigenvalue weighted by Gasteiger charge is 2.27. The number of hydrogen-bond acceptors (Lipinski definition) is 3. The van der Waals surface area contributed by atoms with Gasteiger partial charge in [0.25, 0.3) is 5.91 Å². The Morgan fingerprint density at radius 1 is 1.15 bits per heavy atom. The number of carbonyl (C=O) groups is 2. The second-order valence-corrected chi connectivity index (χ2v) is 6.87. The first-order valence-electron chi connectivity index (χ1n) is 8.75. The third-order valence-electron chi connectivity index (χ3n) is 4.45. The summed E-state index contributed by atoms with van der Waals surface area (Å²) in [7, 11) is 3.60. The minimum absolute atomic E-state index is 0.0180. The lowest BCUT2D eigenvalue weighted by Gasteiger charge is -2.25. The Balaban J connectivity index is 1.86. The number of aryl methyl sites for hydroxylation is 2. The van der Waals surface area contributed by atoms with Crippen molar-refractivity contribution in [3.63, 3.8) is 0 Å². The summed E-state index contributed by atoms with van der Waals surface area (Å²) in [5.41, 5.74) is 1.85. The SMILES string of the molecule is Cc1ccc(NC(=O)CN(C)C(=O)[C@@H](C)[NH+](C)Cc2ccc(C)o2)cc1. The molecule has 6 heteroatoms. The summed E-state index contributed by atoms with van der Waals surface area (Å²) < 4.78 is 5.57. The van der Waals surface area contributed by atoms with Gasteiger partial charge >= 0.3 is 0 Å². The Hall–Kier alpha value is -2.60. The molecule has 2 amide bonds. The van der Waals surface area contributed by atoms with Gasteiger partial charge in [0.1, 0.15) is 12.3 Å². The van der Waals surface area contributed by atoms with E-state index in [1.54, 1.807) is 7.05 Å². The molecule has 0 saturated heterocycles. The zero-order chi connectivity index (χ0) is 19.3. The van der Waals surface area contributed by atoms with Crippen molar-refractivity contribution in [3.05, 3.63) is 53.5 Å². The van der Waals surface area contributed by atoms with Crippen LogP contribution in [0.1, 0.15) is 24.0 Å². The summed E-state index contributed by atoms with van der Waals surface area (Å²) in [4.78, 5) is 27.3. The Kier molecular flexibility index (Phi) is 6.58. The summed E-state index contributed by atoms with van der Waals surface area (Å²) >= 11 is 0. The van der Waals surface area contributed by atoms with Crippen LogP contribution in [0.4, 0.5) is 5.69 Å². The molecule has 1 unspecified atom stereocenters. The summed E-state index contributed by atoms with van der Waals surface area (Å²) in [5, 5.41) is 2.81. The molecule has 6 nitrogen and oxygen atoms in total. The van der Waals surface area contributed by atoms with Gasteiger partial charge in [-0.3, -0.25) is 9.59 Å². The molecule has 0 bridgehead atoms. The monoisotopic (exact) mass is 358 g/mol. The fourth-order valence-electron chi connectivity index (χ4n) is 2.68. The zero-order valence-corrected chi connectivity index (χ0v) is 16.1. The van der Waals surface area contributed by atoms with E-state index in [0.717, 1.165) is 27.7 Å². The number of benzene rings is 1. The van der Waals surface area contributed by atoms with Crippen molar-refractivity contribution >= 4 is 17.5 Å². The van der Waals surface area contributed by atoms with Gasteiger partial charge in [-0.2, -0.15) is 0 Å². The summed E-state index contributed by atoms with van der Waals surface area (Å²) in [6.07, 6.45) is 0. The molecule has 1 heterocycles. The van der Waals surface area contributed by atoms with Gasteiger partial charge in [0, 0.05) is 12.7 Å². The fraction of sp³-hybridized carbons (Fsp3) is 0.400. The Morgan fingerprint density at radius 3 is 2.38 bits per heavy atom. The van der Waals surface area contributed by atoms with E-state index in [0.29, 0.717) is 6.54 Å². The van der Waals surface area contributed by atoms with Crippen LogP contribution in [0.25, 0.3) is 0 Å². The third kappa shape index (κ3) is 5.46. The molecule has 0 radical (unpaired) electrons. The number of anilines is 1. The predicted molar refractivity (Wildman–Crippen MR) is 101 cm³/mol. The number of furan rings is 1. The van der Waals surface area contributed by atoms with Crippen molar-refractivity contribution < 1.29 is 18.9 Å². The van der Waals surface area contributed by atoms with Gasteiger partial charge in [-0.1, -0.05) is 17.7 Å². The van der Waals surface area contributed by atoms with Crippen LogP contribution in [-0.2, 0) is 16.1 Å².